The molecule has 0 saturated carbocycles. The van der Waals surface area contributed by atoms with Crippen LogP contribution < -0.4 is 0 Å². The number of carbonyl (C=O) groups is 1. The van der Waals surface area contributed by atoms with E-state index in [1.54, 1.807) is 16.8 Å². The first-order valence-electron chi connectivity index (χ1n) is 3.41. The quantitative estimate of drug-likeness (QED) is 0.815. The third-order valence-electron chi connectivity index (χ3n) is 1.55. The summed E-state index contributed by atoms with van der Waals surface area (Å²) in [6, 6.07) is 1.42. The number of carboxylic acids is 1. The lowest BCUT2D eigenvalue weighted by molar-refractivity contribution is 0.0690. The number of imidazole rings is 1. The summed E-state index contributed by atoms with van der Waals surface area (Å²) in [5.41, 5.74) is -0.00870. The van der Waals surface area contributed by atoms with Crippen LogP contribution in [0, 0.1) is 0 Å². The predicted molar refractivity (Wildman–Crippen MR) is 47.6 cm³/mol. The summed E-state index contributed by atoms with van der Waals surface area (Å²) >= 11 is 3.24. The van der Waals surface area contributed by atoms with Crippen LogP contribution in [0.15, 0.2) is 23.1 Å². The zero-order valence-electron chi connectivity index (χ0n) is 6.31. The van der Waals surface area contributed by atoms with Gasteiger partial charge in [0, 0.05) is 6.20 Å². The molecule has 2 aromatic rings. The Morgan fingerprint density at radius 3 is 3.08 bits per heavy atom. The Labute approximate surface area is 81.2 Å². The van der Waals surface area contributed by atoms with Gasteiger partial charge >= 0.3 is 5.97 Å². The molecule has 1 N–H and O–H groups in total. The normalized spacial score (nSPS) is 10.5. The van der Waals surface area contributed by atoms with Crippen LogP contribution in [-0.4, -0.2) is 25.4 Å². The lowest BCUT2D eigenvalue weighted by atomic mass is 10.4. The van der Waals surface area contributed by atoms with Crippen molar-refractivity contribution in [3.8, 4) is 0 Å². The van der Waals surface area contributed by atoms with Crippen molar-refractivity contribution in [1.82, 2.24) is 14.4 Å². The van der Waals surface area contributed by atoms with Crippen molar-refractivity contribution in [3.63, 3.8) is 0 Å². The Morgan fingerprint density at radius 1 is 1.62 bits per heavy atom. The molecule has 0 aliphatic carbocycles. The SMILES string of the molecule is O=C(O)c1ccn2c(Br)cnc2n1. The van der Waals surface area contributed by atoms with Crippen LogP contribution in [0.4, 0.5) is 0 Å². The van der Waals surface area contributed by atoms with Crippen LogP contribution >= 0.6 is 15.9 Å². The summed E-state index contributed by atoms with van der Waals surface area (Å²) < 4.78 is 2.39. The Bertz CT molecular complexity index is 480. The van der Waals surface area contributed by atoms with E-state index in [9.17, 15) is 4.79 Å². The first-order chi connectivity index (χ1) is 6.18. The lowest BCUT2D eigenvalue weighted by Gasteiger charge is -1.95. The maximum atomic E-state index is 10.5. The second kappa shape index (κ2) is 2.81. The molecule has 13 heavy (non-hydrogen) atoms. The van der Waals surface area contributed by atoms with Gasteiger partial charge in [-0.05, 0) is 22.0 Å². The van der Waals surface area contributed by atoms with Gasteiger partial charge in [-0.25, -0.2) is 14.8 Å². The molecule has 0 atom stereocenters. The Morgan fingerprint density at radius 2 is 2.38 bits per heavy atom. The molecule has 2 aromatic heterocycles. The average molecular weight is 242 g/mol. The number of fused-ring (bicyclic) bond motifs is 1. The molecule has 5 nitrogen and oxygen atoms in total. The van der Waals surface area contributed by atoms with Gasteiger partial charge in [0.15, 0.2) is 5.69 Å². The highest BCUT2D eigenvalue weighted by molar-refractivity contribution is 9.10. The van der Waals surface area contributed by atoms with E-state index in [2.05, 4.69) is 25.9 Å². The van der Waals surface area contributed by atoms with Gasteiger partial charge in [0.1, 0.15) is 4.60 Å². The zero-order valence-corrected chi connectivity index (χ0v) is 7.89. The van der Waals surface area contributed by atoms with Crippen LogP contribution in [0.2, 0.25) is 0 Å². The van der Waals surface area contributed by atoms with E-state index in [1.807, 2.05) is 0 Å². The van der Waals surface area contributed by atoms with Crippen molar-refractivity contribution < 1.29 is 9.90 Å². The van der Waals surface area contributed by atoms with E-state index >= 15 is 0 Å². The first kappa shape index (κ1) is 8.18. The number of hydrogen-bond donors (Lipinski definition) is 1. The van der Waals surface area contributed by atoms with Crippen LogP contribution in [0.5, 0.6) is 0 Å². The topological polar surface area (TPSA) is 67.5 Å². The van der Waals surface area contributed by atoms with E-state index in [0.717, 1.165) is 4.60 Å². The summed E-state index contributed by atoms with van der Waals surface area (Å²) in [6.45, 7) is 0. The van der Waals surface area contributed by atoms with Gasteiger partial charge < -0.3 is 5.11 Å². The second-order valence-electron chi connectivity index (χ2n) is 2.37. The maximum absolute atomic E-state index is 10.5. The summed E-state index contributed by atoms with van der Waals surface area (Å²) in [7, 11) is 0. The van der Waals surface area contributed by atoms with E-state index in [0.29, 0.717) is 5.78 Å². The predicted octanol–water partition coefficient (Wildman–Crippen LogP) is 1.19. The smallest absolute Gasteiger partial charge is 0.354 e. The maximum Gasteiger partial charge on any atom is 0.354 e. The number of hydrogen-bond acceptors (Lipinski definition) is 3. The molecule has 0 aromatic carbocycles. The fourth-order valence-corrected chi connectivity index (χ4v) is 1.34. The highest BCUT2D eigenvalue weighted by Gasteiger charge is 2.07. The lowest BCUT2D eigenvalue weighted by Crippen LogP contribution is -2.02. The number of rotatable bonds is 1. The number of halogens is 1. The van der Waals surface area contributed by atoms with E-state index in [-0.39, 0.29) is 5.69 Å². The zero-order chi connectivity index (χ0) is 9.42. The largest absolute Gasteiger partial charge is 0.477 e. The van der Waals surface area contributed by atoms with Gasteiger partial charge in [-0.3, -0.25) is 4.40 Å². The van der Waals surface area contributed by atoms with Crippen molar-refractivity contribution in [3.05, 3.63) is 28.8 Å². The molecule has 2 rings (SSSR count). The fraction of sp³-hybridized carbons (Fsp3) is 0. The third-order valence-corrected chi connectivity index (χ3v) is 2.14. The van der Waals surface area contributed by atoms with Crippen LogP contribution in [0.25, 0.3) is 5.78 Å². The molecule has 0 spiro atoms. The minimum atomic E-state index is -1.05. The van der Waals surface area contributed by atoms with Crippen LogP contribution in [0.1, 0.15) is 10.5 Å². The Kier molecular flexibility index (Phi) is 1.77. The Hall–Kier alpha value is -1.43. The molecule has 6 heteroatoms. The summed E-state index contributed by atoms with van der Waals surface area (Å²) in [5.74, 6) is -0.687. The highest BCUT2D eigenvalue weighted by atomic mass is 79.9. The molecule has 0 aliphatic rings. The van der Waals surface area contributed by atoms with Gasteiger partial charge in [-0.1, -0.05) is 0 Å². The van der Waals surface area contributed by atoms with Crippen molar-refractivity contribution in [2.75, 3.05) is 0 Å². The van der Waals surface area contributed by atoms with Crippen molar-refractivity contribution in [2.24, 2.45) is 0 Å². The highest BCUT2D eigenvalue weighted by Crippen LogP contribution is 2.11. The van der Waals surface area contributed by atoms with Gasteiger partial charge in [0.05, 0.1) is 6.20 Å². The van der Waals surface area contributed by atoms with Gasteiger partial charge in [-0.15, -0.1) is 0 Å². The molecule has 0 unspecified atom stereocenters. The van der Waals surface area contributed by atoms with Gasteiger partial charge in [-0.2, -0.15) is 0 Å². The monoisotopic (exact) mass is 241 g/mol. The molecule has 2 heterocycles. The number of nitrogens with zero attached hydrogens (tertiary/aromatic N) is 3. The van der Waals surface area contributed by atoms with Crippen LogP contribution in [0.3, 0.4) is 0 Å². The first-order valence-corrected chi connectivity index (χ1v) is 4.20. The van der Waals surface area contributed by atoms with E-state index < -0.39 is 5.97 Å². The summed E-state index contributed by atoms with van der Waals surface area (Å²) in [6.07, 6.45) is 3.16. The van der Waals surface area contributed by atoms with Gasteiger partial charge in [0.2, 0.25) is 5.78 Å². The van der Waals surface area contributed by atoms with Crippen molar-refractivity contribution in [2.45, 2.75) is 0 Å². The number of aromatic carboxylic acids is 1. The second-order valence-corrected chi connectivity index (χ2v) is 3.18. The van der Waals surface area contributed by atoms with E-state index in [4.69, 9.17) is 5.11 Å². The minimum absolute atomic E-state index is 0.00870. The fourth-order valence-electron chi connectivity index (χ4n) is 0.961. The number of carboxylic acid groups (broad SMARTS) is 1. The molecule has 0 radical (unpaired) electrons. The average Bonchev–Trinajstić information content (AvgIpc) is 2.47. The molecule has 0 aliphatic heterocycles. The van der Waals surface area contributed by atoms with Crippen molar-refractivity contribution in [1.29, 1.82) is 0 Å². The molecule has 0 bridgehead atoms. The molecular weight excluding hydrogens is 238 g/mol. The minimum Gasteiger partial charge on any atom is -0.477 e. The molecule has 0 amide bonds. The number of aromatic nitrogens is 3. The molecule has 0 saturated heterocycles. The summed E-state index contributed by atoms with van der Waals surface area (Å²) in [5, 5.41) is 8.64. The molecule has 66 valence electrons. The van der Waals surface area contributed by atoms with Crippen LogP contribution in [-0.2, 0) is 0 Å². The third kappa shape index (κ3) is 1.29. The Balaban J connectivity index is 2.70. The van der Waals surface area contributed by atoms with Gasteiger partial charge in [0.25, 0.3) is 0 Å². The summed E-state index contributed by atoms with van der Waals surface area (Å²) in [4.78, 5) is 18.3. The molecule has 0 fully saturated rings. The van der Waals surface area contributed by atoms with E-state index in [1.165, 1.54) is 6.07 Å². The molecular formula is C7H4BrN3O2. The van der Waals surface area contributed by atoms with Crippen molar-refractivity contribution >= 4 is 27.7 Å². The standard InChI is InChI=1S/C7H4BrN3O2/c8-5-3-9-7-10-4(6(12)13)1-2-11(5)7/h1-3H,(H,12,13).